The van der Waals surface area contributed by atoms with E-state index in [9.17, 15) is 4.79 Å². The molecule has 0 N–H and O–H groups in total. The molecule has 0 aliphatic carbocycles. The second-order valence-electron chi connectivity index (χ2n) is 2.27. The van der Waals surface area contributed by atoms with Crippen molar-refractivity contribution in [1.29, 1.82) is 0 Å². The highest BCUT2D eigenvalue weighted by molar-refractivity contribution is 6.05. The molecule has 0 saturated carbocycles. The Bertz CT molecular complexity index is 242. The van der Waals surface area contributed by atoms with Crippen LogP contribution in [0.25, 0.3) is 0 Å². The first-order valence-electron chi connectivity index (χ1n) is 3.87. The van der Waals surface area contributed by atoms with Gasteiger partial charge in [-0.1, -0.05) is 37.0 Å². The predicted molar refractivity (Wildman–Crippen MR) is 52.9 cm³/mol. The van der Waals surface area contributed by atoms with Crippen LogP contribution in [-0.2, 0) is 4.79 Å². The van der Waals surface area contributed by atoms with Crippen LogP contribution in [0, 0.1) is 0 Å². The number of hydrogen-bond donors (Lipinski definition) is 0. The standard InChI is InChI=1S/C11H14O/c1-4-6-7-9-10(3)11(12)8-5-2/h4-9H,3H2,1-2H3/b6-4-,8-5+,9-7-. The minimum absolute atomic E-state index is 0.0433. The molecule has 64 valence electrons. The van der Waals surface area contributed by atoms with Crippen molar-refractivity contribution >= 4 is 5.78 Å². The lowest BCUT2D eigenvalue weighted by atomic mass is 10.1. The largest absolute Gasteiger partial charge is 0.289 e. The van der Waals surface area contributed by atoms with Gasteiger partial charge in [-0.25, -0.2) is 0 Å². The first-order valence-corrected chi connectivity index (χ1v) is 3.87. The third kappa shape index (κ3) is 4.45. The van der Waals surface area contributed by atoms with Crippen molar-refractivity contribution in [3.8, 4) is 0 Å². The Hall–Kier alpha value is -1.37. The fraction of sp³-hybridized carbons (Fsp3) is 0.182. The molecule has 0 spiro atoms. The zero-order chi connectivity index (χ0) is 9.40. The minimum Gasteiger partial charge on any atom is -0.289 e. The highest BCUT2D eigenvalue weighted by atomic mass is 16.1. The summed E-state index contributed by atoms with van der Waals surface area (Å²) in [7, 11) is 0. The Kier molecular flexibility index (Phi) is 5.62. The van der Waals surface area contributed by atoms with E-state index in [0.29, 0.717) is 5.57 Å². The Balaban J connectivity index is 4.13. The fourth-order valence-corrected chi connectivity index (χ4v) is 0.623. The van der Waals surface area contributed by atoms with Gasteiger partial charge in [0.25, 0.3) is 0 Å². The zero-order valence-electron chi connectivity index (χ0n) is 7.58. The van der Waals surface area contributed by atoms with E-state index in [1.807, 2.05) is 19.1 Å². The highest BCUT2D eigenvalue weighted by Gasteiger charge is 1.95. The van der Waals surface area contributed by atoms with Crippen LogP contribution in [0.15, 0.2) is 48.6 Å². The summed E-state index contributed by atoms with van der Waals surface area (Å²) >= 11 is 0. The molecule has 1 nitrogen and oxygen atoms in total. The number of rotatable bonds is 4. The zero-order valence-corrected chi connectivity index (χ0v) is 7.58. The van der Waals surface area contributed by atoms with Crippen LogP contribution in [-0.4, -0.2) is 5.78 Å². The quantitative estimate of drug-likeness (QED) is 0.459. The van der Waals surface area contributed by atoms with Crippen molar-refractivity contribution in [1.82, 2.24) is 0 Å². The van der Waals surface area contributed by atoms with Gasteiger partial charge in [0.05, 0.1) is 0 Å². The van der Waals surface area contributed by atoms with Crippen molar-refractivity contribution in [3.63, 3.8) is 0 Å². The van der Waals surface area contributed by atoms with Crippen LogP contribution in [0.5, 0.6) is 0 Å². The number of ketones is 1. The summed E-state index contributed by atoms with van der Waals surface area (Å²) in [4.78, 5) is 11.1. The minimum atomic E-state index is -0.0433. The van der Waals surface area contributed by atoms with Gasteiger partial charge in [0, 0.05) is 5.57 Å². The van der Waals surface area contributed by atoms with Gasteiger partial charge in [-0.2, -0.15) is 0 Å². The molecule has 12 heavy (non-hydrogen) atoms. The molecular weight excluding hydrogens is 148 g/mol. The van der Waals surface area contributed by atoms with Gasteiger partial charge >= 0.3 is 0 Å². The summed E-state index contributed by atoms with van der Waals surface area (Å²) < 4.78 is 0. The molecule has 0 fully saturated rings. The predicted octanol–water partition coefficient (Wildman–Crippen LogP) is 2.82. The first-order chi connectivity index (χ1) is 5.72. The van der Waals surface area contributed by atoms with E-state index in [-0.39, 0.29) is 5.78 Å². The summed E-state index contributed by atoms with van der Waals surface area (Å²) in [6.45, 7) is 7.35. The second-order valence-corrected chi connectivity index (χ2v) is 2.27. The summed E-state index contributed by atoms with van der Waals surface area (Å²) in [5.74, 6) is -0.0433. The van der Waals surface area contributed by atoms with Crippen molar-refractivity contribution in [2.75, 3.05) is 0 Å². The van der Waals surface area contributed by atoms with Crippen LogP contribution >= 0.6 is 0 Å². The van der Waals surface area contributed by atoms with E-state index >= 15 is 0 Å². The molecule has 0 amide bonds. The molecule has 0 aromatic heterocycles. The Morgan fingerprint density at radius 1 is 1.08 bits per heavy atom. The first kappa shape index (κ1) is 10.6. The van der Waals surface area contributed by atoms with Gasteiger partial charge in [-0.3, -0.25) is 4.79 Å². The maximum Gasteiger partial charge on any atom is 0.184 e. The van der Waals surface area contributed by atoms with Gasteiger partial charge in [0.1, 0.15) is 0 Å². The van der Waals surface area contributed by atoms with Gasteiger partial charge in [-0.15, -0.1) is 0 Å². The third-order valence-electron chi connectivity index (χ3n) is 1.24. The number of carbonyl (C=O) groups excluding carboxylic acids is 1. The van der Waals surface area contributed by atoms with Crippen LogP contribution in [0.3, 0.4) is 0 Å². The lowest BCUT2D eigenvalue weighted by molar-refractivity contribution is -0.111. The summed E-state index contributed by atoms with van der Waals surface area (Å²) in [5, 5.41) is 0. The van der Waals surface area contributed by atoms with Crippen molar-refractivity contribution in [2.45, 2.75) is 13.8 Å². The molecule has 0 aromatic rings. The van der Waals surface area contributed by atoms with Crippen molar-refractivity contribution in [2.24, 2.45) is 0 Å². The number of carbonyl (C=O) groups is 1. The molecule has 0 saturated heterocycles. The maximum atomic E-state index is 11.1. The van der Waals surface area contributed by atoms with E-state index in [4.69, 9.17) is 0 Å². The molecule has 0 aliphatic heterocycles. The molecule has 0 aliphatic rings. The monoisotopic (exact) mass is 162 g/mol. The van der Waals surface area contributed by atoms with E-state index in [1.54, 1.807) is 25.2 Å². The highest BCUT2D eigenvalue weighted by Crippen LogP contribution is 1.96. The van der Waals surface area contributed by atoms with Crippen LogP contribution in [0.4, 0.5) is 0 Å². The maximum absolute atomic E-state index is 11.1. The number of hydrogen-bond acceptors (Lipinski definition) is 1. The fourth-order valence-electron chi connectivity index (χ4n) is 0.623. The van der Waals surface area contributed by atoms with Gasteiger partial charge in [-0.05, 0) is 19.9 Å². The van der Waals surface area contributed by atoms with Crippen LogP contribution < -0.4 is 0 Å². The molecule has 0 aromatic carbocycles. The molecular formula is C11H14O. The topological polar surface area (TPSA) is 17.1 Å². The average molecular weight is 162 g/mol. The molecule has 0 heterocycles. The summed E-state index contributed by atoms with van der Waals surface area (Å²) in [5.41, 5.74) is 0.506. The lowest BCUT2D eigenvalue weighted by Crippen LogP contribution is -1.92. The molecule has 0 rings (SSSR count). The second kappa shape index (κ2) is 6.35. The van der Waals surface area contributed by atoms with E-state index < -0.39 is 0 Å². The average Bonchev–Trinajstić information content (AvgIpc) is 2.05. The van der Waals surface area contributed by atoms with Crippen molar-refractivity contribution in [3.05, 3.63) is 48.6 Å². The Morgan fingerprint density at radius 2 is 1.75 bits per heavy atom. The van der Waals surface area contributed by atoms with E-state index in [2.05, 4.69) is 6.58 Å². The van der Waals surface area contributed by atoms with Crippen LogP contribution in [0.1, 0.15) is 13.8 Å². The lowest BCUT2D eigenvalue weighted by Gasteiger charge is -1.89. The van der Waals surface area contributed by atoms with E-state index in [1.165, 1.54) is 6.08 Å². The van der Waals surface area contributed by atoms with Crippen LogP contribution in [0.2, 0.25) is 0 Å². The molecule has 1 heteroatoms. The van der Waals surface area contributed by atoms with Crippen molar-refractivity contribution < 1.29 is 4.79 Å². The summed E-state index contributed by atoms with van der Waals surface area (Å²) in [6.07, 6.45) is 10.4. The smallest absolute Gasteiger partial charge is 0.184 e. The van der Waals surface area contributed by atoms with Gasteiger partial charge in [0.15, 0.2) is 5.78 Å². The number of allylic oxidation sites excluding steroid dienone is 7. The SMILES string of the molecule is C=C(/C=C\C=C/C)C(=O)/C=C/C. The van der Waals surface area contributed by atoms with Gasteiger partial charge in [0.2, 0.25) is 0 Å². The molecule has 0 radical (unpaired) electrons. The normalized spacial score (nSPS) is 11.8. The Morgan fingerprint density at radius 3 is 2.25 bits per heavy atom. The van der Waals surface area contributed by atoms with E-state index in [0.717, 1.165) is 0 Å². The Labute approximate surface area is 73.8 Å². The molecule has 0 atom stereocenters. The molecule has 0 unspecified atom stereocenters. The van der Waals surface area contributed by atoms with Gasteiger partial charge < -0.3 is 0 Å². The summed E-state index contributed by atoms with van der Waals surface area (Å²) in [6, 6.07) is 0. The third-order valence-corrected chi connectivity index (χ3v) is 1.24. The molecule has 0 bridgehead atoms.